The number of thioether (sulfide) groups is 1. The molecule has 152 valence electrons. The van der Waals surface area contributed by atoms with Gasteiger partial charge in [-0.3, -0.25) is 5.32 Å². The molecule has 1 spiro atoms. The first-order valence-electron chi connectivity index (χ1n) is 9.76. The largest absolute Gasteiger partial charge is 0.430 e. The first-order chi connectivity index (χ1) is 14.1. The molecule has 7 heteroatoms. The zero-order chi connectivity index (χ0) is 20.3. The van der Waals surface area contributed by atoms with Gasteiger partial charge in [0.05, 0.1) is 11.4 Å². The molecule has 2 heterocycles. The Hall–Kier alpha value is -2.51. The molecule has 1 N–H and O–H groups in total. The average molecular weight is 412 g/mol. The summed E-state index contributed by atoms with van der Waals surface area (Å²) in [5.74, 6) is 0. The van der Waals surface area contributed by atoms with Gasteiger partial charge in [0.1, 0.15) is 5.60 Å². The standard InChI is InChI=1S/C22H25N3O3S/c1-16-7-9-17(10-8-16)19-15-22(28-24-19)11-13-25(14-12-22)27-21(26)23-18-5-3-4-6-20(18)29-2/h3-10H,11-15H2,1-2H3,(H,23,26). The highest BCUT2D eigenvalue weighted by Gasteiger charge is 2.43. The van der Waals surface area contributed by atoms with E-state index in [9.17, 15) is 4.79 Å². The first kappa shape index (κ1) is 19.8. The Morgan fingerprint density at radius 2 is 1.90 bits per heavy atom. The van der Waals surface area contributed by atoms with Gasteiger partial charge in [0.25, 0.3) is 0 Å². The third kappa shape index (κ3) is 4.57. The summed E-state index contributed by atoms with van der Waals surface area (Å²) >= 11 is 1.58. The number of nitrogens with zero attached hydrogens (tertiary/aromatic N) is 2. The molecule has 6 nitrogen and oxygen atoms in total. The average Bonchev–Trinajstić information content (AvgIpc) is 3.14. The number of para-hydroxylation sites is 1. The molecule has 0 aromatic heterocycles. The van der Waals surface area contributed by atoms with Crippen LogP contribution in [-0.4, -0.2) is 41.8 Å². The number of carbonyl (C=O) groups is 1. The summed E-state index contributed by atoms with van der Waals surface area (Å²) in [4.78, 5) is 24.7. The quantitative estimate of drug-likeness (QED) is 0.730. The van der Waals surface area contributed by atoms with Crippen LogP contribution >= 0.6 is 11.8 Å². The van der Waals surface area contributed by atoms with Crippen molar-refractivity contribution < 1.29 is 14.5 Å². The Morgan fingerprint density at radius 1 is 1.17 bits per heavy atom. The van der Waals surface area contributed by atoms with E-state index >= 15 is 0 Å². The number of hydrogen-bond acceptors (Lipinski definition) is 6. The van der Waals surface area contributed by atoms with Crippen molar-refractivity contribution in [2.24, 2.45) is 5.16 Å². The van der Waals surface area contributed by atoms with E-state index in [1.807, 2.05) is 30.5 Å². The van der Waals surface area contributed by atoms with Crippen molar-refractivity contribution in [3.8, 4) is 0 Å². The van der Waals surface area contributed by atoms with E-state index < -0.39 is 6.09 Å². The molecule has 29 heavy (non-hydrogen) atoms. The first-order valence-corrected chi connectivity index (χ1v) is 11.0. The van der Waals surface area contributed by atoms with Gasteiger partial charge in [0, 0.05) is 37.2 Å². The van der Waals surface area contributed by atoms with Gasteiger partial charge in [-0.15, -0.1) is 16.8 Å². The van der Waals surface area contributed by atoms with Crippen molar-refractivity contribution in [3.05, 3.63) is 59.7 Å². The van der Waals surface area contributed by atoms with Gasteiger partial charge in [0.2, 0.25) is 0 Å². The van der Waals surface area contributed by atoms with Crippen LogP contribution in [0.4, 0.5) is 10.5 Å². The third-order valence-electron chi connectivity index (χ3n) is 5.41. The maximum atomic E-state index is 12.3. The van der Waals surface area contributed by atoms with Crippen molar-refractivity contribution in [1.29, 1.82) is 0 Å². The summed E-state index contributed by atoms with van der Waals surface area (Å²) in [6.45, 7) is 3.31. The highest BCUT2D eigenvalue weighted by Crippen LogP contribution is 2.36. The SMILES string of the molecule is CSc1ccccc1NC(=O)ON1CCC2(CC1)CC(c1ccc(C)cc1)=NO2. The van der Waals surface area contributed by atoms with E-state index in [0.29, 0.717) is 13.1 Å². The van der Waals surface area contributed by atoms with Crippen LogP contribution in [-0.2, 0) is 9.68 Å². The lowest BCUT2D eigenvalue weighted by Crippen LogP contribution is -2.45. The van der Waals surface area contributed by atoms with Crippen LogP contribution in [0.25, 0.3) is 0 Å². The summed E-state index contributed by atoms with van der Waals surface area (Å²) in [5, 5.41) is 8.88. The number of anilines is 1. The highest BCUT2D eigenvalue weighted by molar-refractivity contribution is 7.98. The number of piperidine rings is 1. The molecule has 2 aliphatic rings. The van der Waals surface area contributed by atoms with Crippen molar-refractivity contribution >= 4 is 29.3 Å². The van der Waals surface area contributed by atoms with Crippen molar-refractivity contribution in [2.45, 2.75) is 36.7 Å². The Bertz CT molecular complexity index is 906. The lowest BCUT2D eigenvalue weighted by molar-refractivity contribution is -0.154. The Balaban J connectivity index is 1.29. The minimum absolute atomic E-state index is 0.290. The number of benzene rings is 2. The van der Waals surface area contributed by atoms with E-state index in [4.69, 9.17) is 9.68 Å². The fourth-order valence-corrected chi connectivity index (χ4v) is 4.23. The number of oxime groups is 1. The molecule has 0 aliphatic carbocycles. The maximum absolute atomic E-state index is 12.3. The highest BCUT2D eigenvalue weighted by atomic mass is 32.2. The Morgan fingerprint density at radius 3 is 2.62 bits per heavy atom. The number of carbonyl (C=O) groups excluding carboxylic acids is 1. The van der Waals surface area contributed by atoms with Gasteiger partial charge in [0.15, 0.2) is 0 Å². The van der Waals surface area contributed by atoms with Gasteiger partial charge in [-0.2, -0.15) is 0 Å². The summed E-state index contributed by atoms with van der Waals surface area (Å²) < 4.78 is 0. The molecule has 1 amide bonds. The monoisotopic (exact) mass is 411 g/mol. The molecule has 0 atom stereocenters. The predicted molar refractivity (Wildman–Crippen MR) is 115 cm³/mol. The summed E-state index contributed by atoms with van der Waals surface area (Å²) in [6.07, 6.45) is 3.83. The topological polar surface area (TPSA) is 63.2 Å². The lowest BCUT2D eigenvalue weighted by atomic mass is 9.86. The van der Waals surface area contributed by atoms with Crippen LogP contribution in [0.3, 0.4) is 0 Å². The van der Waals surface area contributed by atoms with Crippen LogP contribution in [0.1, 0.15) is 30.4 Å². The summed E-state index contributed by atoms with van der Waals surface area (Å²) in [5.41, 5.74) is 3.80. The molecule has 2 aromatic rings. The van der Waals surface area contributed by atoms with E-state index in [0.717, 1.165) is 41.1 Å². The fraction of sp³-hybridized carbons (Fsp3) is 0.364. The molecule has 1 fully saturated rings. The van der Waals surface area contributed by atoms with Gasteiger partial charge in [-0.05, 0) is 30.9 Å². The van der Waals surface area contributed by atoms with E-state index in [2.05, 4.69) is 41.7 Å². The van der Waals surface area contributed by atoms with Crippen LogP contribution < -0.4 is 5.32 Å². The summed E-state index contributed by atoms with van der Waals surface area (Å²) in [6, 6.07) is 16.0. The lowest BCUT2D eigenvalue weighted by Gasteiger charge is -2.35. The minimum Gasteiger partial charge on any atom is -0.388 e. The number of aryl methyl sites for hydroxylation is 1. The minimum atomic E-state index is -0.466. The molecular formula is C22H25N3O3S. The predicted octanol–water partition coefficient (Wildman–Crippen LogP) is 4.84. The van der Waals surface area contributed by atoms with Gasteiger partial charge in [-0.25, -0.2) is 4.79 Å². The molecule has 2 aliphatic heterocycles. The van der Waals surface area contributed by atoms with E-state index in [1.165, 1.54) is 5.56 Å². The van der Waals surface area contributed by atoms with Crippen molar-refractivity contribution in [3.63, 3.8) is 0 Å². The Kier molecular flexibility index (Phi) is 5.78. The van der Waals surface area contributed by atoms with E-state index in [1.54, 1.807) is 16.8 Å². The molecule has 2 aromatic carbocycles. The van der Waals surface area contributed by atoms with Crippen molar-refractivity contribution in [1.82, 2.24) is 5.06 Å². The second kappa shape index (κ2) is 8.47. The smallest absolute Gasteiger partial charge is 0.388 e. The molecular weight excluding hydrogens is 386 g/mol. The van der Waals surface area contributed by atoms with Crippen molar-refractivity contribution in [2.75, 3.05) is 24.7 Å². The van der Waals surface area contributed by atoms with Gasteiger partial charge < -0.3 is 9.68 Å². The number of nitrogens with one attached hydrogen (secondary N) is 1. The number of hydrogen-bond donors (Lipinski definition) is 1. The molecule has 4 rings (SSSR count). The van der Waals surface area contributed by atoms with Crippen LogP contribution in [0.5, 0.6) is 0 Å². The second-order valence-corrected chi connectivity index (χ2v) is 8.34. The zero-order valence-electron chi connectivity index (χ0n) is 16.7. The molecule has 0 radical (unpaired) electrons. The van der Waals surface area contributed by atoms with E-state index in [-0.39, 0.29) is 5.60 Å². The Labute approximate surface area is 175 Å². The molecule has 0 bridgehead atoms. The maximum Gasteiger partial charge on any atom is 0.430 e. The van der Waals surface area contributed by atoms with Crippen LogP contribution in [0.2, 0.25) is 0 Å². The fourth-order valence-electron chi connectivity index (χ4n) is 3.67. The number of rotatable bonds is 4. The number of amides is 1. The van der Waals surface area contributed by atoms with Gasteiger partial charge >= 0.3 is 6.09 Å². The molecule has 0 unspecified atom stereocenters. The molecule has 1 saturated heterocycles. The molecule has 0 saturated carbocycles. The zero-order valence-corrected chi connectivity index (χ0v) is 17.5. The third-order valence-corrected chi connectivity index (χ3v) is 6.21. The van der Waals surface area contributed by atoms with Crippen LogP contribution in [0.15, 0.2) is 58.6 Å². The van der Waals surface area contributed by atoms with Gasteiger partial charge in [-0.1, -0.05) is 47.1 Å². The van der Waals surface area contributed by atoms with Crippen LogP contribution in [0, 0.1) is 6.92 Å². The normalized spacial score (nSPS) is 18.2. The number of hydroxylamine groups is 2. The second-order valence-electron chi connectivity index (χ2n) is 7.49. The summed E-state index contributed by atoms with van der Waals surface area (Å²) in [7, 11) is 0.